The summed E-state index contributed by atoms with van der Waals surface area (Å²) < 4.78 is 16.8. The molecule has 0 bridgehead atoms. The lowest BCUT2D eigenvalue weighted by Gasteiger charge is -2.18. The van der Waals surface area contributed by atoms with Crippen LogP contribution in [0.15, 0.2) is 97.2 Å². The summed E-state index contributed by atoms with van der Waals surface area (Å²) in [5, 5.41) is 0. The molecule has 1 atom stereocenters. The molecule has 0 N–H and O–H groups in total. The summed E-state index contributed by atoms with van der Waals surface area (Å²) in [6.07, 6.45) is 81.4. The molecule has 0 aromatic heterocycles. The third-order valence-electron chi connectivity index (χ3n) is 13.1. The molecule has 0 rings (SSSR count). The van der Waals surface area contributed by atoms with Crippen LogP contribution in [0.25, 0.3) is 0 Å². The van der Waals surface area contributed by atoms with Crippen molar-refractivity contribution in [2.45, 2.75) is 297 Å². The Kier molecular flexibility index (Phi) is 57.8. The fourth-order valence-corrected chi connectivity index (χ4v) is 8.50. The molecule has 6 heteroatoms. The minimum Gasteiger partial charge on any atom is -0.462 e. The SMILES string of the molecule is CC/C=C\C/C=C\C/C=C\C/C=C\C/C=C\C/C=C\CCC(=O)OC(COC(=O)CCCCCCCCCCCCC)COC(=O)CCCCCCCCCCCCCCC/C=C\C/C=C\CCCCCCC. The summed E-state index contributed by atoms with van der Waals surface area (Å²) in [5.74, 6) is -0.985. The van der Waals surface area contributed by atoms with E-state index in [9.17, 15) is 14.4 Å². The number of unbranched alkanes of at least 4 members (excludes halogenated alkanes) is 28. The highest BCUT2D eigenvalue weighted by molar-refractivity contribution is 5.71. The standard InChI is InChI=1S/C67H114O6/c1-4-7-10-13-16-19-22-24-26-28-30-31-32-33-34-35-37-38-40-42-45-48-51-54-57-60-66(69)72-63-64(62-71-65(68)59-56-53-50-47-44-21-18-15-12-9-6-3)73-67(70)61-58-55-52-49-46-43-41-39-36-29-27-25-23-20-17-14-11-8-5-2/h8,11,17,20,22,24-25,27-28,30,36,39,43,46,52,55,64H,4-7,9-10,12-16,18-19,21,23,26,29,31-35,37-38,40-42,44-45,47-51,53-54,56-63H2,1-3H3/b11-8-,20-17-,24-22-,27-25-,30-28-,39-36-,46-43-,55-52-. The van der Waals surface area contributed by atoms with Gasteiger partial charge in [0.1, 0.15) is 13.2 Å². The van der Waals surface area contributed by atoms with Gasteiger partial charge in [-0.1, -0.05) is 279 Å². The monoisotopic (exact) mass is 1010 g/mol. The van der Waals surface area contributed by atoms with Crippen LogP contribution in [0.3, 0.4) is 0 Å². The van der Waals surface area contributed by atoms with Crippen LogP contribution in [0, 0.1) is 0 Å². The molecule has 1 unspecified atom stereocenters. The van der Waals surface area contributed by atoms with Gasteiger partial charge in [-0.05, 0) is 89.9 Å². The number of ether oxygens (including phenoxy) is 3. The van der Waals surface area contributed by atoms with Crippen LogP contribution in [-0.4, -0.2) is 37.2 Å². The van der Waals surface area contributed by atoms with E-state index in [-0.39, 0.29) is 31.6 Å². The highest BCUT2D eigenvalue weighted by Crippen LogP contribution is 2.16. The molecule has 0 amide bonds. The molecule has 0 spiro atoms. The molecule has 0 radical (unpaired) electrons. The number of allylic oxidation sites excluding steroid dienone is 16. The van der Waals surface area contributed by atoms with Crippen molar-refractivity contribution in [2.75, 3.05) is 13.2 Å². The Morgan fingerprint density at radius 3 is 0.890 bits per heavy atom. The summed E-state index contributed by atoms with van der Waals surface area (Å²) in [6.45, 7) is 6.46. The second-order valence-corrected chi connectivity index (χ2v) is 20.2. The molecule has 418 valence electrons. The lowest BCUT2D eigenvalue weighted by atomic mass is 10.0. The average Bonchev–Trinajstić information content (AvgIpc) is 3.39. The van der Waals surface area contributed by atoms with Crippen LogP contribution >= 0.6 is 0 Å². The number of esters is 3. The molecular weight excluding hydrogens is 901 g/mol. The van der Waals surface area contributed by atoms with Gasteiger partial charge in [0.2, 0.25) is 0 Å². The van der Waals surface area contributed by atoms with Crippen molar-refractivity contribution in [3.63, 3.8) is 0 Å². The van der Waals surface area contributed by atoms with E-state index in [1.807, 2.05) is 6.08 Å². The Bertz CT molecular complexity index is 1440. The molecule has 0 aliphatic rings. The quantitative estimate of drug-likeness (QED) is 0.0261. The molecule has 0 fully saturated rings. The van der Waals surface area contributed by atoms with Crippen molar-refractivity contribution >= 4 is 17.9 Å². The van der Waals surface area contributed by atoms with Gasteiger partial charge in [-0.15, -0.1) is 0 Å². The van der Waals surface area contributed by atoms with Crippen molar-refractivity contribution in [3.8, 4) is 0 Å². The third kappa shape index (κ3) is 59.1. The van der Waals surface area contributed by atoms with Crippen LogP contribution in [0.1, 0.15) is 290 Å². The van der Waals surface area contributed by atoms with E-state index in [0.29, 0.717) is 19.3 Å². The molecule has 0 aromatic carbocycles. The molecule has 0 saturated heterocycles. The van der Waals surface area contributed by atoms with Crippen LogP contribution < -0.4 is 0 Å². The summed E-state index contributed by atoms with van der Waals surface area (Å²) in [6, 6.07) is 0. The van der Waals surface area contributed by atoms with Crippen LogP contribution in [-0.2, 0) is 28.6 Å². The number of carbonyl (C=O) groups excluding carboxylic acids is 3. The first-order valence-electron chi connectivity index (χ1n) is 30.7. The van der Waals surface area contributed by atoms with E-state index < -0.39 is 12.1 Å². The molecule has 0 aliphatic heterocycles. The van der Waals surface area contributed by atoms with Gasteiger partial charge in [-0.2, -0.15) is 0 Å². The Morgan fingerprint density at radius 2 is 0.562 bits per heavy atom. The van der Waals surface area contributed by atoms with Crippen molar-refractivity contribution in [2.24, 2.45) is 0 Å². The molecule has 6 nitrogen and oxygen atoms in total. The molecule has 0 heterocycles. The predicted molar refractivity (Wildman–Crippen MR) is 316 cm³/mol. The molecule has 0 saturated carbocycles. The van der Waals surface area contributed by atoms with Crippen molar-refractivity contribution in [1.29, 1.82) is 0 Å². The van der Waals surface area contributed by atoms with Crippen molar-refractivity contribution < 1.29 is 28.6 Å². The summed E-state index contributed by atoms with van der Waals surface area (Å²) in [5.41, 5.74) is 0. The number of carbonyl (C=O) groups is 3. The van der Waals surface area contributed by atoms with Crippen molar-refractivity contribution in [3.05, 3.63) is 97.2 Å². The Hall–Kier alpha value is -3.67. The van der Waals surface area contributed by atoms with E-state index in [1.165, 1.54) is 161 Å². The van der Waals surface area contributed by atoms with Crippen LogP contribution in [0.2, 0.25) is 0 Å². The summed E-state index contributed by atoms with van der Waals surface area (Å²) in [7, 11) is 0. The fraction of sp³-hybridized carbons (Fsp3) is 0.716. The lowest BCUT2D eigenvalue weighted by molar-refractivity contribution is -0.166. The Balaban J connectivity index is 4.36. The van der Waals surface area contributed by atoms with Crippen LogP contribution in [0.5, 0.6) is 0 Å². The number of hydrogen-bond donors (Lipinski definition) is 0. The molecule has 0 aliphatic carbocycles. The summed E-state index contributed by atoms with van der Waals surface area (Å²) >= 11 is 0. The summed E-state index contributed by atoms with van der Waals surface area (Å²) in [4.78, 5) is 38.1. The topological polar surface area (TPSA) is 78.9 Å². The molecule has 0 aromatic rings. The maximum absolute atomic E-state index is 12.8. The van der Waals surface area contributed by atoms with E-state index in [4.69, 9.17) is 14.2 Å². The first-order valence-corrected chi connectivity index (χ1v) is 30.7. The fourth-order valence-electron chi connectivity index (χ4n) is 8.50. The number of hydrogen-bond acceptors (Lipinski definition) is 6. The predicted octanol–water partition coefficient (Wildman–Crippen LogP) is 20.9. The zero-order chi connectivity index (χ0) is 52.9. The minimum atomic E-state index is -0.817. The van der Waals surface area contributed by atoms with Gasteiger partial charge in [0.15, 0.2) is 6.10 Å². The Labute approximate surface area is 451 Å². The first-order chi connectivity index (χ1) is 36.0. The number of rotatable bonds is 55. The zero-order valence-electron chi connectivity index (χ0n) is 47.9. The highest BCUT2D eigenvalue weighted by atomic mass is 16.6. The van der Waals surface area contributed by atoms with Gasteiger partial charge in [0.25, 0.3) is 0 Å². The van der Waals surface area contributed by atoms with Gasteiger partial charge < -0.3 is 14.2 Å². The van der Waals surface area contributed by atoms with Gasteiger partial charge >= 0.3 is 17.9 Å². The molecule has 73 heavy (non-hydrogen) atoms. The normalized spacial score (nSPS) is 12.8. The van der Waals surface area contributed by atoms with Crippen LogP contribution in [0.4, 0.5) is 0 Å². The second kappa shape index (κ2) is 60.9. The van der Waals surface area contributed by atoms with Gasteiger partial charge in [-0.3, -0.25) is 14.4 Å². The minimum absolute atomic E-state index is 0.106. The molecular formula is C67H114O6. The lowest BCUT2D eigenvalue weighted by Crippen LogP contribution is -2.30. The maximum Gasteiger partial charge on any atom is 0.306 e. The van der Waals surface area contributed by atoms with E-state index >= 15 is 0 Å². The van der Waals surface area contributed by atoms with Gasteiger partial charge in [-0.25, -0.2) is 0 Å². The van der Waals surface area contributed by atoms with Gasteiger partial charge in [0, 0.05) is 19.3 Å². The maximum atomic E-state index is 12.8. The van der Waals surface area contributed by atoms with E-state index in [1.54, 1.807) is 0 Å². The van der Waals surface area contributed by atoms with Crippen molar-refractivity contribution in [1.82, 2.24) is 0 Å². The van der Waals surface area contributed by atoms with E-state index in [0.717, 1.165) is 83.5 Å². The Morgan fingerprint density at radius 1 is 0.288 bits per heavy atom. The first kappa shape index (κ1) is 69.3. The second-order valence-electron chi connectivity index (χ2n) is 20.2. The highest BCUT2D eigenvalue weighted by Gasteiger charge is 2.19. The average molecular weight is 1020 g/mol. The zero-order valence-corrected chi connectivity index (χ0v) is 47.9. The third-order valence-corrected chi connectivity index (χ3v) is 13.1. The largest absolute Gasteiger partial charge is 0.462 e. The smallest absolute Gasteiger partial charge is 0.306 e. The van der Waals surface area contributed by atoms with Gasteiger partial charge in [0.05, 0.1) is 0 Å². The van der Waals surface area contributed by atoms with E-state index in [2.05, 4.69) is 112 Å².